The minimum atomic E-state index is -0.594. The van der Waals surface area contributed by atoms with Crippen LogP contribution in [0.1, 0.15) is 32.6 Å². The summed E-state index contributed by atoms with van der Waals surface area (Å²) < 4.78 is 18.8. The predicted octanol–water partition coefficient (Wildman–Crippen LogP) is 3.85. The summed E-state index contributed by atoms with van der Waals surface area (Å²) in [5.74, 6) is 0.118. The summed E-state index contributed by atoms with van der Waals surface area (Å²) in [5.41, 5.74) is 0.687. The van der Waals surface area contributed by atoms with E-state index < -0.39 is 11.9 Å². The van der Waals surface area contributed by atoms with Gasteiger partial charge < -0.3 is 15.2 Å². The van der Waals surface area contributed by atoms with Crippen molar-refractivity contribution in [1.82, 2.24) is 0 Å². The Balaban J connectivity index is 1.71. The van der Waals surface area contributed by atoms with Gasteiger partial charge in [0.05, 0.1) is 23.8 Å². The van der Waals surface area contributed by atoms with Crippen LogP contribution in [0.2, 0.25) is 5.02 Å². The monoisotopic (exact) mass is 315 g/mol. The number of ether oxygens (including phenoxy) is 1. The Morgan fingerprint density at radius 2 is 2.19 bits per heavy atom. The SMILES string of the molecule is CC1CCCCC1OCC(O)CNc1ccc(F)c(Cl)c1. The first-order valence-electron chi connectivity index (χ1n) is 7.55. The standard InChI is InChI=1S/C16H23ClFNO2/c1-11-4-2-3-5-16(11)21-10-13(20)9-19-12-6-7-15(18)14(17)8-12/h6-8,11,13,16,19-20H,2-5,9-10H2,1H3. The van der Waals surface area contributed by atoms with Crippen LogP contribution in [0, 0.1) is 11.7 Å². The second-order valence-electron chi connectivity index (χ2n) is 5.80. The van der Waals surface area contributed by atoms with E-state index in [0.29, 0.717) is 24.8 Å². The third kappa shape index (κ3) is 5.13. The van der Waals surface area contributed by atoms with Crippen molar-refractivity contribution in [2.75, 3.05) is 18.5 Å². The summed E-state index contributed by atoms with van der Waals surface area (Å²) in [7, 11) is 0. The normalized spacial score (nSPS) is 23.8. The van der Waals surface area contributed by atoms with Gasteiger partial charge in [-0.25, -0.2) is 4.39 Å². The van der Waals surface area contributed by atoms with E-state index >= 15 is 0 Å². The maximum atomic E-state index is 13.0. The van der Waals surface area contributed by atoms with Crippen LogP contribution in [0.5, 0.6) is 0 Å². The molecule has 0 saturated heterocycles. The minimum absolute atomic E-state index is 0.0711. The minimum Gasteiger partial charge on any atom is -0.389 e. The van der Waals surface area contributed by atoms with Gasteiger partial charge in [-0.1, -0.05) is 31.4 Å². The van der Waals surface area contributed by atoms with Crippen molar-refractivity contribution < 1.29 is 14.2 Å². The number of nitrogens with one attached hydrogen (secondary N) is 1. The van der Waals surface area contributed by atoms with Crippen LogP contribution in [0.25, 0.3) is 0 Å². The molecule has 0 amide bonds. The molecule has 1 saturated carbocycles. The van der Waals surface area contributed by atoms with Crippen LogP contribution >= 0.6 is 11.6 Å². The number of halogens is 2. The van der Waals surface area contributed by atoms with Gasteiger partial charge >= 0.3 is 0 Å². The Labute approximate surface area is 130 Å². The van der Waals surface area contributed by atoms with Crippen molar-refractivity contribution in [2.24, 2.45) is 5.92 Å². The topological polar surface area (TPSA) is 41.5 Å². The number of aliphatic hydroxyl groups excluding tert-OH is 1. The van der Waals surface area contributed by atoms with E-state index in [9.17, 15) is 9.50 Å². The van der Waals surface area contributed by atoms with Crippen molar-refractivity contribution in [3.05, 3.63) is 29.0 Å². The van der Waals surface area contributed by atoms with E-state index in [1.807, 2.05) is 0 Å². The molecule has 21 heavy (non-hydrogen) atoms. The number of rotatable bonds is 6. The maximum Gasteiger partial charge on any atom is 0.141 e. The molecule has 5 heteroatoms. The maximum absolute atomic E-state index is 13.0. The molecule has 0 spiro atoms. The molecule has 0 bridgehead atoms. The van der Waals surface area contributed by atoms with Gasteiger partial charge in [0.15, 0.2) is 0 Å². The molecule has 0 aliphatic heterocycles. The van der Waals surface area contributed by atoms with Gasteiger partial charge in [-0.15, -0.1) is 0 Å². The van der Waals surface area contributed by atoms with E-state index in [1.165, 1.54) is 31.4 Å². The smallest absolute Gasteiger partial charge is 0.141 e. The summed E-state index contributed by atoms with van der Waals surface area (Å²) in [6.45, 7) is 2.87. The van der Waals surface area contributed by atoms with Crippen molar-refractivity contribution in [2.45, 2.75) is 44.8 Å². The van der Waals surface area contributed by atoms with Crippen LogP contribution in [0.15, 0.2) is 18.2 Å². The highest BCUT2D eigenvalue weighted by Gasteiger charge is 2.22. The average Bonchev–Trinajstić information content (AvgIpc) is 2.47. The lowest BCUT2D eigenvalue weighted by Gasteiger charge is -2.29. The van der Waals surface area contributed by atoms with Gasteiger partial charge in [0.25, 0.3) is 0 Å². The molecule has 1 aliphatic carbocycles. The molecule has 3 atom stereocenters. The summed E-state index contributed by atoms with van der Waals surface area (Å²) >= 11 is 5.71. The quantitative estimate of drug-likeness (QED) is 0.838. The molecule has 2 N–H and O–H groups in total. The van der Waals surface area contributed by atoms with Crippen LogP contribution in [-0.2, 0) is 4.74 Å². The van der Waals surface area contributed by atoms with Crippen molar-refractivity contribution in [3.63, 3.8) is 0 Å². The van der Waals surface area contributed by atoms with Gasteiger partial charge in [0.2, 0.25) is 0 Å². The van der Waals surface area contributed by atoms with Crippen LogP contribution in [-0.4, -0.2) is 30.5 Å². The van der Waals surface area contributed by atoms with Gasteiger partial charge in [0, 0.05) is 12.2 Å². The molecule has 3 nitrogen and oxygen atoms in total. The van der Waals surface area contributed by atoms with Crippen molar-refractivity contribution in [1.29, 1.82) is 0 Å². The largest absolute Gasteiger partial charge is 0.389 e. The summed E-state index contributed by atoms with van der Waals surface area (Å²) in [6.07, 6.45) is 4.42. The molecule has 1 aromatic carbocycles. The first-order valence-corrected chi connectivity index (χ1v) is 7.92. The van der Waals surface area contributed by atoms with E-state index in [-0.39, 0.29) is 11.1 Å². The molecule has 1 aromatic rings. The van der Waals surface area contributed by atoms with Gasteiger partial charge in [-0.2, -0.15) is 0 Å². The number of anilines is 1. The highest BCUT2D eigenvalue weighted by Crippen LogP contribution is 2.26. The van der Waals surface area contributed by atoms with Gasteiger partial charge in [0.1, 0.15) is 5.82 Å². The molecule has 0 aromatic heterocycles. The Bertz CT molecular complexity index is 458. The van der Waals surface area contributed by atoms with Crippen molar-refractivity contribution in [3.8, 4) is 0 Å². The van der Waals surface area contributed by atoms with E-state index in [1.54, 1.807) is 6.07 Å². The molecule has 1 fully saturated rings. The Kier molecular flexibility index (Phi) is 6.27. The highest BCUT2D eigenvalue weighted by atomic mass is 35.5. The third-order valence-electron chi connectivity index (χ3n) is 4.00. The van der Waals surface area contributed by atoms with E-state index in [0.717, 1.165) is 6.42 Å². The molecular weight excluding hydrogens is 293 g/mol. The lowest BCUT2D eigenvalue weighted by molar-refractivity contribution is -0.0424. The first kappa shape index (κ1) is 16.5. The second kappa shape index (κ2) is 7.97. The van der Waals surface area contributed by atoms with E-state index in [2.05, 4.69) is 12.2 Å². The Morgan fingerprint density at radius 3 is 2.90 bits per heavy atom. The summed E-state index contributed by atoms with van der Waals surface area (Å²) in [6, 6.07) is 4.41. The zero-order valence-corrected chi connectivity index (χ0v) is 13.1. The molecule has 1 aliphatic rings. The van der Waals surface area contributed by atoms with Gasteiger partial charge in [-0.3, -0.25) is 0 Å². The predicted molar refractivity (Wildman–Crippen MR) is 83.3 cm³/mol. The van der Waals surface area contributed by atoms with Crippen molar-refractivity contribution >= 4 is 17.3 Å². The molecule has 0 radical (unpaired) electrons. The second-order valence-corrected chi connectivity index (χ2v) is 6.20. The first-order chi connectivity index (χ1) is 10.1. The zero-order chi connectivity index (χ0) is 15.2. The lowest BCUT2D eigenvalue weighted by Crippen LogP contribution is -2.32. The number of benzene rings is 1. The molecule has 0 heterocycles. The third-order valence-corrected chi connectivity index (χ3v) is 4.29. The number of aliphatic hydroxyl groups is 1. The van der Waals surface area contributed by atoms with Crippen LogP contribution in [0.3, 0.4) is 0 Å². The van der Waals surface area contributed by atoms with Crippen LogP contribution in [0.4, 0.5) is 10.1 Å². The Morgan fingerprint density at radius 1 is 1.43 bits per heavy atom. The van der Waals surface area contributed by atoms with Gasteiger partial charge in [-0.05, 0) is 37.0 Å². The number of hydrogen-bond donors (Lipinski definition) is 2. The number of hydrogen-bond acceptors (Lipinski definition) is 3. The fourth-order valence-corrected chi connectivity index (χ4v) is 2.85. The lowest BCUT2D eigenvalue weighted by atomic mass is 9.88. The van der Waals surface area contributed by atoms with Crippen LogP contribution < -0.4 is 5.32 Å². The zero-order valence-electron chi connectivity index (χ0n) is 12.3. The van der Waals surface area contributed by atoms with E-state index in [4.69, 9.17) is 16.3 Å². The molecule has 118 valence electrons. The molecule has 3 unspecified atom stereocenters. The fraction of sp³-hybridized carbons (Fsp3) is 0.625. The highest BCUT2D eigenvalue weighted by molar-refractivity contribution is 6.31. The average molecular weight is 316 g/mol. The Hall–Kier alpha value is -0.840. The molecular formula is C16H23ClFNO2. The molecule has 2 rings (SSSR count). The summed E-state index contributed by atoms with van der Waals surface area (Å²) in [4.78, 5) is 0. The summed E-state index contributed by atoms with van der Waals surface area (Å²) in [5, 5.41) is 13.1. The fourth-order valence-electron chi connectivity index (χ4n) is 2.67.